The predicted molar refractivity (Wildman–Crippen MR) is 77.1 cm³/mol. The topological polar surface area (TPSA) is 41.1 Å². The van der Waals surface area contributed by atoms with Crippen molar-refractivity contribution in [2.24, 2.45) is 0 Å². The lowest BCUT2D eigenvalue weighted by Gasteiger charge is -2.18. The second-order valence-corrected chi connectivity index (χ2v) is 5.95. The van der Waals surface area contributed by atoms with Gasteiger partial charge in [-0.2, -0.15) is 13.2 Å². The normalized spacial score (nSPS) is 19.9. The van der Waals surface area contributed by atoms with E-state index < -0.39 is 17.6 Å². The molecule has 1 atom stereocenters. The lowest BCUT2D eigenvalue weighted by molar-refractivity contribution is -0.138. The molecule has 2 rings (SSSR count). The summed E-state index contributed by atoms with van der Waals surface area (Å²) in [6.45, 7) is 1.63. The Morgan fingerprint density at radius 3 is 2.76 bits per heavy atom. The van der Waals surface area contributed by atoms with Gasteiger partial charge in [-0.25, -0.2) is 0 Å². The lowest BCUT2D eigenvalue weighted by Crippen LogP contribution is -2.36. The van der Waals surface area contributed by atoms with E-state index >= 15 is 0 Å². The van der Waals surface area contributed by atoms with E-state index in [1.165, 1.54) is 12.1 Å². The van der Waals surface area contributed by atoms with Gasteiger partial charge in [0.2, 0.25) is 0 Å². The first kappa shape index (κ1) is 16.3. The molecule has 3 nitrogen and oxygen atoms in total. The fourth-order valence-corrected chi connectivity index (χ4v) is 2.74. The van der Waals surface area contributed by atoms with Crippen molar-refractivity contribution in [2.75, 3.05) is 13.1 Å². The van der Waals surface area contributed by atoms with E-state index in [0.717, 1.165) is 38.4 Å². The molecule has 1 aromatic carbocycles. The van der Waals surface area contributed by atoms with E-state index in [2.05, 4.69) is 26.6 Å². The van der Waals surface area contributed by atoms with Crippen molar-refractivity contribution >= 4 is 21.8 Å². The van der Waals surface area contributed by atoms with Crippen molar-refractivity contribution in [3.63, 3.8) is 0 Å². The van der Waals surface area contributed by atoms with Crippen LogP contribution >= 0.6 is 15.9 Å². The summed E-state index contributed by atoms with van der Waals surface area (Å²) < 4.78 is 39.4. The smallest absolute Gasteiger partial charge is 0.349 e. The maximum atomic E-state index is 13.0. The van der Waals surface area contributed by atoms with Gasteiger partial charge in [-0.05, 0) is 50.6 Å². The van der Waals surface area contributed by atoms with E-state index in [0.29, 0.717) is 4.47 Å². The van der Waals surface area contributed by atoms with Crippen LogP contribution in [0.15, 0.2) is 22.7 Å². The second-order valence-electron chi connectivity index (χ2n) is 5.04. The number of hydrogen-bond acceptors (Lipinski definition) is 2. The standard InChI is InChI=1S/C14H16BrF3N2O/c15-9-3-4-11(12(8-9)14(16,17)18)13(21)20-10-2-1-6-19-7-5-10/h3-4,8,10,19H,1-2,5-7H2,(H,20,21). The third kappa shape index (κ3) is 4.44. The highest BCUT2D eigenvalue weighted by Crippen LogP contribution is 2.34. The summed E-state index contributed by atoms with van der Waals surface area (Å²) in [6, 6.07) is 3.50. The average Bonchev–Trinajstić information content (AvgIpc) is 2.66. The molecular weight excluding hydrogens is 349 g/mol. The number of amides is 1. The van der Waals surface area contributed by atoms with Crippen LogP contribution in [0.1, 0.15) is 35.2 Å². The minimum absolute atomic E-state index is 0.0859. The van der Waals surface area contributed by atoms with E-state index in [1.807, 2.05) is 0 Å². The summed E-state index contributed by atoms with van der Waals surface area (Å²) in [4.78, 5) is 12.2. The van der Waals surface area contributed by atoms with Gasteiger partial charge in [-0.3, -0.25) is 4.79 Å². The molecule has 0 saturated carbocycles. The zero-order valence-electron chi connectivity index (χ0n) is 11.3. The first-order valence-corrected chi connectivity index (χ1v) is 7.55. The van der Waals surface area contributed by atoms with Crippen molar-refractivity contribution in [3.05, 3.63) is 33.8 Å². The molecule has 1 amide bonds. The van der Waals surface area contributed by atoms with Gasteiger partial charge in [0.15, 0.2) is 0 Å². The zero-order chi connectivity index (χ0) is 15.5. The van der Waals surface area contributed by atoms with Crippen LogP contribution in [-0.4, -0.2) is 25.0 Å². The summed E-state index contributed by atoms with van der Waals surface area (Å²) in [5.41, 5.74) is -1.25. The van der Waals surface area contributed by atoms with E-state index in [4.69, 9.17) is 0 Å². The van der Waals surface area contributed by atoms with Crippen LogP contribution < -0.4 is 10.6 Å². The third-order valence-electron chi connectivity index (χ3n) is 3.44. The first-order valence-electron chi connectivity index (χ1n) is 6.76. The molecular formula is C14H16BrF3N2O. The van der Waals surface area contributed by atoms with E-state index in [9.17, 15) is 18.0 Å². The van der Waals surface area contributed by atoms with Gasteiger partial charge in [-0.1, -0.05) is 15.9 Å². The molecule has 0 aliphatic carbocycles. The van der Waals surface area contributed by atoms with Crippen molar-refractivity contribution in [3.8, 4) is 0 Å². The number of alkyl halides is 3. The molecule has 1 aliphatic rings. The molecule has 1 unspecified atom stereocenters. The highest BCUT2D eigenvalue weighted by Gasteiger charge is 2.35. The summed E-state index contributed by atoms with van der Waals surface area (Å²) in [6.07, 6.45) is -2.15. The molecule has 0 bridgehead atoms. The fraction of sp³-hybridized carbons (Fsp3) is 0.500. The third-order valence-corrected chi connectivity index (χ3v) is 3.94. The van der Waals surface area contributed by atoms with Gasteiger partial charge < -0.3 is 10.6 Å². The average molecular weight is 365 g/mol. The maximum Gasteiger partial charge on any atom is 0.417 e. The Morgan fingerprint density at radius 2 is 2.05 bits per heavy atom. The van der Waals surface area contributed by atoms with Crippen LogP contribution in [0.5, 0.6) is 0 Å². The summed E-state index contributed by atoms with van der Waals surface area (Å²) in [7, 11) is 0. The van der Waals surface area contributed by atoms with Crippen LogP contribution in [0, 0.1) is 0 Å². The van der Waals surface area contributed by atoms with Crippen molar-refractivity contribution in [1.29, 1.82) is 0 Å². The molecule has 0 radical (unpaired) electrons. The number of carbonyl (C=O) groups excluding carboxylic acids is 1. The molecule has 1 saturated heterocycles. The molecule has 7 heteroatoms. The van der Waals surface area contributed by atoms with Crippen LogP contribution in [0.25, 0.3) is 0 Å². The van der Waals surface area contributed by atoms with E-state index in [-0.39, 0.29) is 11.6 Å². The van der Waals surface area contributed by atoms with Crippen molar-refractivity contribution in [2.45, 2.75) is 31.5 Å². The Morgan fingerprint density at radius 1 is 1.29 bits per heavy atom. The Bertz CT molecular complexity index is 511. The summed E-state index contributed by atoms with van der Waals surface area (Å²) in [5, 5.41) is 5.91. The van der Waals surface area contributed by atoms with Gasteiger partial charge in [0, 0.05) is 10.5 Å². The lowest BCUT2D eigenvalue weighted by atomic mass is 10.0. The molecule has 0 spiro atoms. The zero-order valence-corrected chi connectivity index (χ0v) is 12.9. The Labute approximate surface area is 129 Å². The van der Waals surface area contributed by atoms with Crippen LogP contribution in [0.4, 0.5) is 13.2 Å². The Kier molecular flexibility index (Phi) is 5.27. The van der Waals surface area contributed by atoms with Crippen molar-refractivity contribution in [1.82, 2.24) is 10.6 Å². The monoisotopic (exact) mass is 364 g/mol. The predicted octanol–water partition coefficient (Wildman–Crippen LogP) is 3.34. The van der Waals surface area contributed by atoms with Gasteiger partial charge in [0.05, 0.1) is 11.1 Å². The molecule has 1 heterocycles. The fourth-order valence-electron chi connectivity index (χ4n) is 2.38. The molecule has 1 aromatic rings. The largest absolute Gasteiger partial charge is 0.417 e. The van der Waals surface area contributed by atoms with Crippen molar-refractivity contribution < 1.29 is 18.0 Å². The number of hydrogen-bond donors (Lipinski definition) is 2. The van der Waals surface area contributed by atoms with Gasteiger partial charge in [-0.15, -0.1) is 0 Å². The van der Waals surface area contributed by atoms with Gasteiger partial charge >= 0.3 is 6.18 Å². The molecule has 0 aromatic heterocycles. The number of nitrogens with one attached hydrogen (secondary N) is 2. The minimum Gasteiger partial charge on any atom is -0.349 e. The summed E-state index contributed by atoms with van der Waals surface area (Å²) >= 11 is 3.01. The molecule has 1 fully saturated rings. The van der Waals surface area contributed by atoms with Gasteiger partial charge in [0.25, 0.3) is 5.91 Å². The number of rotatable bonds is 2. The van der Waals surface area contributed by atoms with Gasteiger partial charge in [0.1, 0.15) is 0 Å². The minimum atomic E-state index is -4.55. The quantitative estimate of drug-likeness (QED) is 0.844. The highest BCUT2D eigenvalue weighted by molar-refractivity contribution is 9.10. The van der Waals surface area contributed by atoms with Crippen LogP contribution in [0.2, 0.25) is 0 Å². The molecule has 116 valence electrons. The summed E-state index contributed by atoms with van der Waals surface area (Å²) in [5.74, 6) is -0.665. The molecule has 21 heavy (non-hydrogen) atoms. The molecule has 2 N–H and O–H groups in total. The number of benzene rings is 1. The van der Waals surface area contributed by atoms with Crippen LogP contribution in [-0.2, 0) is 6.18 Å². The highest BCUT2D eigenvalue weighted by atomic mass is 79.9. The van der Waals surface area contributed by atoms with Crippen LogP contribution in [0.3, 0.4) is 0 Å². The van der Waals surface area contributed by atoms with E-state index in [1.54, 1.807) is 0 Å². The Balaban J connectivity index is 2.18. The molecule has 1 aliphatic heterocycles. The Hall–Kier alpha value is -1.08. The first-order chi connectivity index (χ1) is 9.88. The second kappa shape index (κ2) is 6.79. The maximum absolute atomic E-state index is 13.0. The number of carbonyl (C=O) groups is 1. The number of halogens is 4. The SMILES string of the molecule is O=C(NC1CCCNCC1)c1ccc(Br)cc1C(F)(F)F.